The molecule has 0 saturated carbocycles. The van der Waals surface area contributed by atoms with Crippen molar-refractivity contribution in [1.82, 2.24) is 0 Å². The van der Waals surface area contributed by atoms with Crippen LogP contribution < -0.4 is 15.4 Å². The molecule has 0 bridgehead atoms. The minimum Gasteiger partial charge on any atom is -0.486 e. The van der Waals surface area contributed by atoms with E-state index in [1.54, 1.807) is 6.92 Å². The lowest BCUT2D eigenvalue weighted by atomic mass is 10.1. The van der Waals surface area contributed by atoms with Crippen molar-refractivity contribution in [2.45, 2.75) is 45.9 Å². The minimum absolute atomic E-state index is 0.125. The fourth-order valence-corrected chi connectivity index (χ4v) is 2.35. The van der Waals surface area contributed by atoms with Crippen molar-refractivity contribution >= 4 is 11.5 Å². The van der Waals surface area contributed by atoms with Gasteiger partial charge in [0, 0.05) is 6.54 Å². The highest BCUT2D eigenvalue weighted by atomic mass is 16.5. The first-order valence-corrected chi connectivity index (χ1v) is 6.83. The monoisotopic (exact) mass is 262 g/mol. The van der Waals surface area contributed by atoms with E-state index >= 15 is 0 Å². The number of ether oxygens (including phenoxy) is 1. The number of carbonyl (C=O) groups excluding carboxylic acids is 1. The molecule has 0 saturated heterocycles. The zero-order valence-electron chi connectivity index (χ0n) is 11.8. The van der Waals surface area contributed by atoms with Crippen molar-refractivity contribution in [1.29, 1.82) is 0 Å². The molecule has 1 aliphatic heterocycles. The van der Waals surface area contributed by atoms with Gasteiger partial charge in [-0.2, -0.15) is 0 Å². The number of nitrogens with two attached hydrogens (primary N) is 1. The standard InChI is InChI=1S/C15H22N2O2/c1-4-13-9-17(10(2)11(3)18)14-6-5-12(8-16)7-15(14)19-13/h5-7,10,13H,4,8-9,16H2,1-3H3. The first kappa shape index (κ1) is 13.9. The lowest BCUT2D eigenvalue weighted by molar-refractivity contribution is -0.118. The highest BCUT2D eigenvalue weighted by molar-refractivity contribution is 5.85. The van der Waals surface area contributed by atoms with Crippen LogP contribution in [0.2, 0.25) is 0 Å². The summed E-state index contributed by atoms with van der Waals surface area (Å²) in [5.74, 6) is 1.01. The molecule has 0 radical (unpaired) electrons. The van der Waals surface area contributed by atoms with Crippen molar-refractivity contribution in [3.8, 4) is 5.75 Å². The summed E-state index contributed by atoms with van der Waals surface area (Å²) in [6.45, 7) is 6.93. The van der Waals surface area contributed by atoms with Gasteiger partial charge in [0.15, 0.2) is 5.78 Å². The first-order valence-electron chi connectivity index (χ1n) is 6.83. The first-order chi connectivity index (χ1) is 9.06. The summed E-state index contributed by atoms with van der Waals surface area (Å²) in [7, 11) is 0. The Labute approximate surface area is 114 Å². The zero-order chi connectivity index (χ0) is 14.0. The summed E-state index contributed by atoms with van der Waals surface area (Å²) in [5, 5.41) is 0. The Bertz CT molecular complexity index is 473. The van der Waals surface area contributed by atoms with Gasteiger partial charge in [-0.3, -0.25) is 4.79 Å². The van der Waals surface area contributed by atoms with Gasteiger partial charge in [0.1, 0.15) is 11.9 Å². The van der Waals surface area contributed by atoms with Crippen LogP contribution in [0, 0.1) is 0 Å². The van der Waals surface area contributed by atoms with Gasteiger partial charge in [0.25, 0.3) is 0 Å². The van der Waals surface area contributed by atoms with Crippen LogP contribution in [0.4, 0.5) is 5.69 Å². The number of hydrogen-bond acceptors (Lipinski definition) is 4. The predicted octanol–water partition coefficient (Wildman–Crippen LogP) is 2.10. The molecule has 2 unspecified atom stereocenters. The van der Waals surface area contributed by atoms with Crippen molar-refractivity contribution in [3.63, 3.8) is 0 Å². The van der Waals surface area contributed by atoms with Gasteiger partial charge in [0.2, 0.25) is 0 Å². The molecule has 1 aliphatic rings. The number of benzene rings is 1. The molecule has 2 rings (SSSR count). The second-order valence-electron chi connectivity index (χ2n) is 5.09. The van der Waals surface area contributed by atoms with E-state index in [2.05, 4.69) is 11.8 Å². The molecule has 1 aromatic carbocycles. The topological polar surface area (TPSA) is 55.6 Å². The third kappa shape index (κ3) is 2.73. The number of anilines is 1. The zero-order valence-corrected chi connectivity index (χ0v) is 11.8. The van der Waals surface area contributed by atoms with Crippen LogP contribution in [-0.2, 0) is 11.3 Å². The maximum Gasteiger partial charge on any atom is 0.151 e. The molecule has 0 aliphatic carbocycles. The third-order valence-corrected chi connectivity index (χ3v) is 3.77. The molecule has 2 N–H and O–H groups in total. The lowest BCUT2D eigenvalue weighted by Gasteiger charge is -2.39. The van der Waals surface area contributed by atoms with Gasteiger partial charge >= 0.3 is 0 Å². The van der Waals surface area contributed by atoms with Crippen LogP contribution in [-0.4, -0.2) is 24.5 Å². The highest BCUT2D eigenvalue weighted by Crippen LogP contribution is 2.36. The Morgan fingerprint density at radius 1 is 1.58 bits per heavy atom. The van der Waals surface area contributed by atoms with Crippen LogP contribution >= 0.6 is 0 Å². The van der Waals surface area contributed by atoms with Gasteiger partial charge in [-0.1, -0.05) is 13.0 Å². The summed E-state index contributed by atoms with van der Waals surface area (Å²) < 4.78 is 5.98. The number of Topliss-reactive ketones (excluding diaryl/α,β-unsaturated/α-hetero) is 1. The highest BCUT2D eigenvalue weighted by Gasteiger charge is 2.29. The number of fused-ring (bicyclic) bond motifs is 1. The normalized spacial score (nSPS) is 19.6. The Morgan fingerprint density at radius 2 is 2.32 bits per heavy atom. The van der Waals surface area contributed by atoms with Gasteiger partial charge in [-0.15, -0.1) is 0 Å². The molecule has 0 fully saturated rings. The van der Waals surface area contributed by atoms with Crippen molar-refractivity contribution in [3.05, 3.63) is 23.8 Å². The molecule has 19 heavy (non-hydrogen) atoms. The number of hydrogen-bond donors (Lipinski definition) is 1. The van der Waals surface area contributed by atoms with Gasteiger partial charge in [-0.25, -0.2) is 0 Å². The number of nitrogens with zero attached hydrogens (tertiary/aromatic N) is 1. The van der Waals surface area contributed by atoms with E-state index in [-0.39, 0.29) is 17.9 Å². The van der Waals surface area contributed by atoms with Gasteiger partial charge in [-0.05, 0) is 38.0 Å². The predicted molar refractivity (Wildman–Crippen MR) is 76.5 cm³/mol. The molecular formula is C15H22N2O2. The summed E-state index contributed by atoms with van der Waals surface area (Å²) in [6, 6.07) is 5.86. The van der Waals surface area contributed by atoms with Crippen LogP contribution in [0.3, 0.4) is 0 Å². The van der Waals surface area contributed by atoms with Crippen LogP contribution in [0.25, 0.3) is 0 Å². The number of rotatable bonds is 4. The van der Waals surface area contributed by atoms with Crippen LogP contribution in [0.1, 0.15) is 32.8 Å². The quantitative estimate of drug-likeness (QED) is 0.903. The molecule has 104 valence electrons. The van der Waals surface area contributed by atoms with Crippen molar-refractivity contribution in [2.24, 2.45) is 5.73 Å². The largest absolute Gasteiger partial charge is 0.486 e. The van der Waals surface area contributed by atoms with E-state index in [4.69, 9.17) is 10.5 Å². The van der Waals surface area contributed by atoms with E-state index in [0.29, 0.717) is 6.54 Å². The number of ketones is 1. The molecule has 1 heterocycles. The summed E-state index contributed by atoms with van der Waals surface area (Å²) in [5.41, 5.74) is 7.71. The molecule has 1 aromatic rings. The van der Waals surface area contributed by atoms with Crippen molar-refractivity contribution < 1.29 is 9.53 Å². The second-order valence-corrected chi connectivity index (χ2v) is 5.09. The molecule has 4 nitrogen and oxygen atoms in total. The van der Waals surface area contributed by atoms with Crippen molar-refractivity contribution in [2.75, 3.05) is 11.4 Å². The molecular weight excluding hydrogens is 240 g/mol. The smallest absolute Gasteiger partial charge is 0.151 e. The SMILES string of the molecule is CCC1CN(C(C)C(C)=O)c2ccc(CN)cc2O1. The van der Waals surface area contributed by atoms with E-state index in [0.717, 1.165) is 30.0 Å². The summed E-state index contributed by atoms with van der Waals surface area (Å²) in [4.78, 5) is 13.8. The number of carbonyl (C=O) groups is 1. The maximum atomic E-state index is 11.7. The van der Waals surface area contributed by atoms with E-state index in [9.17, 15) is 4.79 Å². The maximum absolute atomic E-state index is 11.7. The molecule has 0 amide bonds. The lowest BCUT2D eigenvalue weighted by Crippen LogP contribution is -2.47. The minimum atomic E-state index is -0.125. The average Bonchev–Trinajstić information content (AvgIpc) is 2.44. The van der Waals surface area contributed by atoms with Crippen LogP contribution in [0.15, 0.2) is 18.2 Å². The second kappa shape index (κ2) is 5.61. The average molecular weight is 262 g/mol. The van der Waals surface area contributed by atoms with Gasteiger partial charge in [0.05, 0.1) is 18.3 Å². The van der Waals surface area contributed by atoms with E-state index in [1.165, 1.54) is 0 Å². The fraction of sp³-hybridized carbons (Fsp3) is 0.533. The molecule has 0 spiro atoms. The Balaban J connectivity index is 2.39. The molecule has 4 heteroatoms. The molecule has 2 atom stereocenters. The third-order valence-electron chi connectivity index (χ3n) is 3.77. The Kier molecular flexibility index (Phi) is 4.10. The van der Waals surface area contributed by atoms with Gasteiger partial charge < -0.3 is 15.4 Å². The fourth-order valence-electron chi connectivity index (χ4n) is 2.35. The summed E-state index contributed by atoms with van der Waals surface area (Å²) in [6.07, 6.45) is 1.05. The van der Waals surface area contributed by atoms with Crippen LogP contribution in [0.5, 0.6) is 5.75 Å². The van der Waals surface area contributed by atoms with E-state index in [1.807, 2.05) is 25.1 Å². The van der Waals surface area contributed by atoms with E-state index < -0.39 is 0 Å². The molecule has 0 aromatic heterocycles. The summed E-state index contributed by atoms with van der Waals surface area (Å²) >= 11 is 0. The Morgan fingerprint density at radius 3 is 2.89 bits per heavy atom. The Hall–Kier alpha value is -1.55.